The van der Waals surface area contributed by atoms with Gasteiger partial charge in [-0.15, -0.1) is 0 Å². The smallest absolute Gasteiger partial charge is 0.407 e. The summed E-state index contributed by atoms with van der Waals surface area (Å²) in [7, 11) is 0. The molecule has 1 aliphatic rings. The number of ether oxygens (including phenoxy) is 1. The van der Waals surface area contributed by atoms with E-state index in [0.29, 0.717) is 13.0 Å². The molecule has 2 N–H and O–H groups in total. The molecular weight excluding hydrogens is 232 g/mol. The SMILES string of the molecule is CC(C)(C)OC(=O)NCCCNC1=CC(=O)CC1. The van der Waals surface area contributed by atoms with Crippen molar-refractivity contribution in [1.29, 1.82) is 0 Å². The first-order valence-corrected chi connectivity index (χ1v) is 6.31. The Morgan fingerprint density at radius 3 is 2.61 bits per heavy atom. The standard InChI is InChI=1S/C13H22N2O3/c1-13(2,3)18-12(17)15-8-4-7-14-10-5-6-11(16)9-10/h9,14H,4-8H2,1-3H3,(H,15,17). The van der Waals surface area contributed by atoms with Gasteiger partial charge in [-0.2, -0.15) is 0 Å². The molecule has 0 aromatic carbocycles. The van der Waals surface area contributed by atoms with Gasteiger partial charge in [-0.05, 0) is 33.6 Å². The zero-order valence-corrected chi connectivity index (χ0v) is 11.3. The van der Waals surface area contributed by atoms with Crippen molar-refractivity contribution >= 4 is 11.9 Å². The fourth-order valence-electron chi connectivity index (χ4n) is 1.58. The maximum Gasteiger partial charge on any atom is 0.407 e. The van der Waals surface area contributed by atoms with Crippen molar-refractivity contribution in [2.24, 2.45) is 0 Å². The molecule has 0 aromatic heterocycles. The molecule has 0 aromatic rings. The quantitative estimate of drug-likeness (QED) is 0.733. The van der Waals surface area contributed by atoms with Crippen LogP contribution in [0.2, 0.25) is 0 Å². The van der Waals surface area contributed by atoms with Crippen molar-refractivity contribution in [1.82, 2.24) is 10.6 Å². The van der Waals surface area contributed by atoms with Crippen LogP contribution in [-0.4, -0.2) is 30.6 Å². The van der Waals surface area contributed by atoms with Crippen molar-refractivity contribution in [3.63, 3.8) is 0 Å². The lowest BCUT2D eigenvalue weighted by Crippen LogP contribution is -2.33. The highest BCUT2D eigenvalue weighted by molar-refractivity contribution is 5.92. The fourth-order valence-corrected chi connectivity index (χ4v) is 1.58. The lowest BCUT2D eigenvalue weighted by atomic mass is 10.2. The predicted molar refractivity (Wildman–Crippen MR) is 69.2 cm³/mol. The van der Waals surface area contributed by atoms with Crippen molar-refractivity contribution in [2.75, 3.05) is 13.1 Å². The van der Waals surface area contributed by atoms with E-state index in [0.717, 1.165) is 25.1 Å². The second-order valence-electron chi connectivity index (χ2n) is 5.34. The number of alkyl carbamates (subject to hydrolysis) is 1. The molecule has 0 saturated carbocycles. The largest absolute Gasteiger partial charge is 0.444 e. The van der Waals surface area contributed by atoms with Crippen LogP contribution in [0, 0.1) is 0 Å². The minimum absolute atomic E-state index is 0.185. The molecule has 0 aliphatic heterocycles. The van der Waals surface area contributed by atoms with Crippen molar-refractivity contribution < 1.29 is 14.3 Å². The molecule has 1 amide bonds. The highest BCUT2D eigenvalue weighted by atomic mass is 16.6. The maximum atomic E-state index is 11.3. The molecule has 18 heavy (non-hydrogen) atoms. The molecule has 0 heterocycles. The number of carbonyl (C=O) groups is 2. The normalized spacial score (nSPS) is 15.3. The highest BCUT2D eigenvalue weighted by Gasteiger charge is 2.15. The third-order valence-corrected chi connectivity index (χ3v) is 2.35. The van der Waals surface area contributed by atoms with E-state index in [-0.39, 0.29) is 5.78 Å². The number of allylic oxidation sites excluding steroid dienone is 2. The fraction of sp³-hybridized carbons (Fsp3) is 0.692. The van der Waals surface area contributed by atoms with Crippen LogP contribution in [0.15, 0.2) is 11.8 Å². The van der Waals surface area contributed by atoms with Crippen molar-refractivity contribution in [2.45, 2.75) is 45.6 Å². The maximum absolute atomic E-state index is 11.3. The summed E-state index contributed by atoms with van der Waals surface area (Å²) in [5.41, 5.74) is 0.537. The summed E-state index contributed by atoms with van der Waals surface area (Å²) in [6, 6.07) is 0. The predicted octanol–water partition coefficient (Wildman–Crippen LogP) is 1.74. The Kier molecular flexibility index (Phi) is 5.19. The monoisotopic (exact) mass is 254 g/mol. The van der Waals surface area contributed by atoms with Gasteiger partial charge in [-0.3, -0.25) is 4.79 Å². The topological polar surface area (TPSA) is 67.4 Å². The molecule has 0 radical (unpaired) electrons. The molecule has 102 valence electrons. The lowest BCUT2D eigenvalue weighted by molar-refractivity contribution is -0.114. The third kappa shape index (κ3) is 6.27. The van der Waals surface area contributed by atoms with Gasteiger partial charge in [0.2, 0.25) is 0 Å². The van der Waals surface area contributed by atoms with Crippen molar-refractivity contribution in [3.05, 3.63) is 11.8 Å². The zero-order valence-electron chi connectivity index (χ0n) is 11.3. The number of carbonyl (C=O) groups excluding carboxylic acids is 2. The summed E-state index contributed by atoms with van der Waals surface area (Å²) in [6.07, 6.45) is 3.47. The first-order valence-electron chi connectivity index (χ1n) is 6.31. The first kappa shape index (κ1) is 14.5. The van der Waals surface area contributed by atoms with Crippen LogP contribution in [-0.2, 0) is 9.53 Å². The van der Waals surface area contributed by atoms with E-state index in [1.165, 1.54) is 0 Å². The first-order chi connectivity index (χ1) is 8.37. The van der Waals surface area contributed by atoms with Crippen LogP contribution in [0.1, 0.15) is 40.0 Å². The van der Waals surface area contributed by atoms with Gasteiger partial charge in [0.05, 0.1) is 0 Å². The van der Waals surface area contributed by atoms with Crippen LogP contribution in [0.25, 0.3) is 0 Å². The lowest BCUT2D eigenvalue weighted by Gasteiger charge is -2.19. The Morgan fingerprint density at radius 2 is 2.06 bits per heavy atom. The Hall–Kier alpha value is -1.52. The Bertz CT molecular complexity index is 343. The number of ketones is 1. The van der Waals surface area contributed by atoms with E-state index >= 15 is 0 Å². The van der Waals surface area contributed by atoms with Crippen LogP contribution >= 0.6 is 0 Å². The van der Waals surface area contributed by atoms with E-state index in [9.17, 15) is 9.59 Å². The van der Waals surface area contributed by atoms with Gasteiger partial charge in [0.25, 0.3) is 0 Å². The number of nitrogens with one attached hydrogen (secondary N) is 2. The summed E-state index contributed by atoms with van der Waals surface area (Å²) < 4.78 is 5.11. The van der Waals surface area contributed by atoms with E-state index in [1.54, 1.807) is 6.08 Å². The van der Waals surface area contributed by atoms with Crippen LogP contribution in [0.5, 0.6) is 0 Å². The second-order valence-corrected chi connectivity index (χ2v) is 5.34. The number of hydrogen-bond acceptors (Lipinski definition) is 4. The van der Waals surface area contributed by atoms with Gasteiger partial charge in [0.1, 0.15) is 5.60 Å². The molecule has 5 nitrogen and oxygen atoms in total. The van der Waals surface area contributed by atoms with Gasteiger partial charge >= 0.3 is 6.09 Å². The van der Waals surface area contributed by atoms with Crippen LogP contribution in [0.3, 0.4) is 0 Å². The second kappa shape index (κ2) is 6.42. The average Bonchev–Trinajstić information content (AvgIpc) is 2.61. The molecule has 1 rings (SSSR count). The Labute approximate surface area is 108 Å². The highest BCUT2D eigenvalue weighted by Crippen LogP contribution is 2.11. The number of rotatable bonds is 5. The molecule has 0 atom stereocenters. The van der Waals surface area contributed by atoms with Gasteiger partial charge in [0.15, 0.2) is 5.78 Å². The Balaban J connectivity index is 2.04. The summed E-state index contributed by atoms with van der Waals surface area (Å²) >= 11 is 0. The van der Waals surface area contributed by atoms with Crippen LogP contribution < -0.4 is 10.6 Å². The molecule has 1 aliphatic carbocycles. The van der Waals surface area contributed by atoms with Gasteiger partial charge in [0, 0.05) is 31.3 Å². The number of amides is 1. The van der Waals surface area contributed by atoms with E-state index in [2.05, 4.69) is 10.6 Å². The summed E-state index contributed by atoms with van der Waals surface area (Å²) in [5, 5.41) is 5.87. The van der Waals surface area contributed by atoms with E-state index < -0.39 is 11.7 Å². The summed E-state index contributed by atoms with van der Waals surface area (Å²) in [5.74, 6) is 0.185. The zero-order chi connectivity index (χ0) is 13.6. The van der Waals surface area contributed by atoms with Crippen LogP contribution in [0.4, 0.5) is 4.79 Å². The Morgan fingerprint density at radius 1 is 1.33 bits per heavy atom. The summed E-state index contributed by atoms with van der Waals surface area (Å²) in [6.45, 7) is 6.80. The van der Waals surface area contributed by atoms with Crippen molar-refractivity contribution in [3.8, 4) is 0 Å². The van der Waals surface area contributed by atoms with E-state index in [4.69, 9.17) is 4.74 Å². The van der Waals surface area contributed by atoms with Gasteiger partial charge in [-0.1, -0.05) is 0 Å². The molecular formula is C13H22N2O3. The molecule has 0 bridgehead atoms. The third-order valence-electron chi connectivity index (χ3n) is 2.35. The average molecular weight is 254 g/mol. The van der Waals surface area contributed by atoms with Gasteiger partial charge in [-0.25, -0.2) is 4.79 Å². The number of hydrogen-bond donors (Lipinski definition) is 2. The van der Waals surface area contributed by atoms with E-state index in [1.807, 2.05) is 20.8 Å². The summed E-state index contributed by atoms with van der Waals surface area (Å²) in [4.78, 5) is 22.3. The molecule has 0 unspecified atom stereocenters. The molecule has 0 saturated heterocycles. The minimum atomic E-state index is -0.461. The molecule has 0 fully saturated rings. The molecule has 5 heteroatoms. The minimum Gasteiger partial charge on any atom is -0.444 e. The van der Waals surface area contributed by atoms with Gasteiger partial charge < -0.3 is 15.4 Å². The molecule has 0 spiro atoms.